The van der Waals surface area contributed by atoms with E-state index in [0.717, 1.165) is 25.7 Å². The standard InChI is InChI=1S/C14H22N2O5S/c1-11(21-13-6-4-2-3-5-7-13)14(17)16-22(18,19)10-12-8-9-20-15-12/h8-9,11,13H,2-7,10H2,1H3,(H,16,17)/t11-/m1/s1. The number of aromatic nitrogens is 1. The summed E-state index contributed by atoms with van der Waals surface area (Å²) in [5.41, 5.74) is 0.248. The molecule has 1 N–H and O–H groups in total. The lowest BCUT2D eigenvalue weighted by molar-refractivity contribution is -0.133. The number of sulfonamides is 1. The van der Waals surface area contributed by atoms with E-state index in [1.807, 2.05) is 4.72 Å². The fourth-order valence-corrected chi connectivity index (χ4v) is 3.59. The Labute approximate surface area is 130 Å². The third-order valence-electron chi connectivity index (χ3n) is 3.65. The molecule has 1 heterocycles. The molecule has 1 aliphatic carbocycles. The van der Waals surface area contributed by atoms with Crippen LogP contribution in [0.15, 0.2) is 16.9 Å². The molecule has 1 aromatic rings. The van der Waals surface area contributed by atoms with Gasteiger partial charge in [0, 0.05) is 6.07 Å². The van der Waals surface area contributed by atoms with E-state index in [4.69, 9.17) is 4.74 Å². The Morgan fingerprint density at radius 1 is 1.41 bits per heavy atom. The molecule has 0 spiro atoms. The smallest absolute Gasteiger partial charge is 0.262 e. The average molecular weight is 330 g/mol. The molecule has 0 aromatic carbocycles. The number of carbonyl (C=O) groups is 1. The van der Waals surface area contributed by atoms with Crippen molar-refractivity contribution in [2.75, 3.05) is 0 Å². The first-order valence-corrected chi connectivity index (χ1v) is 9.20. The number of carbonyl (C=O) groups excluding carboxylic acids is 1. The van der Waals surface area contributed by atoms with Crippen LogP contribution in [0.3, 0.4) is 0 Å². The molecule has 0 saturated heterocycles. The second-order valence-electron chi connectivity index (χ2n) is 5.61. The number of hydrogen-bond acceptors (Lipinski definition) is 6. The Bertz CT molecular complexity index is 562. The Morgan fingerprint density at radius 3 is 2.68 bits per heavy atom. The van der Waals surface area contributed by atoms with Crippen molar-refractivity contribution in [1.29, 1.82) is 0 Å². The highest BCUT2D eigenvalue weighted by molar-refractivity contribution is 7.89. The molecule has 0 unspecified atom stereocenters. The number of nitrogens with one attached hydrogen (secondary N) is 1. The highest BCUT2D eigenvalue weighted by Gasteiger charge is 2.24. The first kappa shape index (κ1) is 17.0. The van der Waals surface area contributed by atoms with Crippen molar-refractivity contribution in [1.82, 2.24) is 9.88 Å². The topological polar surface area (TPSA) is 98.5 Å². The highest BCUT2D eigenvalue weighted by atomic mass is 32.2. The maximum atomic E-state index is 12.0. The summed E-state index contributed by atoms with van der Waals surface area (Å²) in [6.45, 7) is 1.58. The molecule has 124 valence electrons. The molecule has 2 rings (SSSR count). The quantitative estimate of drug-likeness (QED) is 0.798. The summed E-state index contributed by atoms with van der Waals surface area (Å²) in [5.74, 6) is -1.04. The minimum absolute atomic E-state index is 0.0292. The molecule has 1 saturated carbocycles. The van der Waals surface area contributed by atoms with Gasteiger partial charge in [-0.2, -0.15) is 0 Å². The third kappa shape index (κ3) is 5.42. The van der Waals surface area contributed by atoms with Gasteiger partial charge in [-0.15, -0.1) is 0 Å². The van der Waals surface area contributed by atoms with Gasteiger partial charge in [-0.1, -0.05) is 30.8 Å². The fraction of sp³-hybridized carbons (Fsp3) is 0.714. The molecule has 8 heteroatoms. The summed E-state index contributed by atoms with van der Waals surface area (Å²) < 4.78 is 36.1. The van der Waals surface area contributed by atoms with Crippen LogP contribution in [0.1, 0.15) is 51.1 Å². The van der Waals surface area contributed by atoms with Crippen LogP contribution in [-0.2, 0) is 25.3 Å². The zero-order chi connectivity index (χ0) is 16.0. The molecule has 1 aromatic heterocycles. The molecule has 0 radical (unpaired) electrons. The monoisotopic (exact) mass is 330 g/mol. The normalized spacial score (nSPS) is 18.6. The van der Waals surface area contributed by atoms with Crippen LogP contribution in [0, 0.1) is 0 Å². The van der Waals surface area contributed by atoms with E-state index in [2.05, 4.69) is 9.68 Å². The molecule has 1 atom stereocenters. The Kier molecular flexibility index (Phi) is 5.96. The van der Waals surface area contributed by atoms with E-state index in [1.165, 1.54) is 25.2 Å². The number of nitrogens with zero attached hydrogens (tertiary/aromatic N) is 1. The van der Waals surface area contributed by atoms with Gasteiger partial charge in [-0.3, -0.25) is 9.52 Å². The van der Waals surface area contributed by atoms with Crippen molar-refractivity contribution in [2.24, 2.45) is 0 Å². The van der Waals surface area contributed by atoms with E-state index in [9.17, 15) is 13.2 Å². The molecular weight excluding hydrogens is 308 g/mol. The lowest BCUT2D eigenvalue weighted by atomic mass is 10.1. The molecule has 0 bridgehead atoms. The summed E-state index contributed by atoms with van der Waals surface area (Å²) in [6.07, 6.45) is 6.90. The van der Waals surface area contributed by atoms with Crippen LogP contribution in [0.4, 0.5) is 0 Å². The summed E-state index contributed by atoms with van der Waals surface area (Å²) in [7, 11) is -3.80. The van der Waals surface area contributed by atoms with Gasteiger partial charge in [0.15, 0.2) is 0 Å². The number of amides is 1. The highest BCUT2D eigenvalue weighted by Crippen LogP contribution is 2.21. The Morgan fingerprint density at radius 2 is 2.09 bits per heavy atom. The van der Waals surface area contributed by atoms with E-state index in [-0.39, 0.29) is 11.8 Å². The van der Waals surface area contributed by atoms with Crippen LogP contribution < -0.4 is 4.72 Å². The predicted octanol–water partition coefficient (Wildman–Crippen LogP) is 1.75. The van der Waals surface area contributed by atoms with Crippen LogP contribution in [0.5, 0.6) is 0 Å². The lowest BCUT2D eigenvalue weighted by Gasteiger charge is -2.20. The van der Waals surface area contributed by atoms with Crippen LogP contribution in [-0.4, -0.2) is 31.7 Å². The largest absolute Gasteiger partial charge is 0.365 e. The maximum Gasteiger partial charge on any atom is 0.262 e. The lowest BCUT2D eigenvalue weighted by Crippen LogP contribution is -2.40. The molecular formula is C14H22N2O5S. The van der Waals surface area contributed by atoms with Crippen molar-refractivity contribution in [2.45, 2.75) is 63.4 Å². The summed E-state index contributed by atoms with van der Waals surface area (Å²) in [5, 5.41) is 3.52. The zero-order valence-electron chi connectivity index (χ0n) is 12.7. The van der Waals surface area contributed by atoms with Crippen molar-refractivity contribution in [3.8, 4) is 0 Å². The third-order valence-corrected chi connectivity index (χ3v) is 4.84. The van der Waals surface area contributed by atoms with E-state index in [0.29, 0.717) is 0 Å². The van der Waals surface area contributed by atoms with Crippen molar-refractivity contribution in [3.05, 3.63) is 18.0 Å². The second kappa shape index (κ2) is 7.73. The van der Waals surface area contributed by atoms with E-state index >= 15 is 0 Å². The van der Waals surface area contributed by atoms with Gasteiger partial charge in [0.2, 0.25) is 10.0 Å². The Balaban J connectivity index is 1.84. The summed E-state index contributed by atoms with van der Waals surface area (Å²) in [6, 6.07) is 1.44. The average Bonchev–Trinajstić information content (AvgIpc) is 2.80. The van der Waals surface area contributed by atoms with E-state index < -0.39 is 27.8 Å². The fourth-order valence-electron chi connectivity index (χ4n) is 2.51. The minimum atomic E-state index is -3.80. The molecule has 1 fully saturated rings. The predicted molar refractivity (Wildman–Crippen MR) is 79.3 cm³/mol. The van der Waals surface area contributed by atoms with Crippen molar-refractivity contribution in [3.63, 3.8) is 0 Å². The molecule has 1 amide bonds. The van der Waals surface area contributed by atoms with Gasteiger partial charge < -0.3 is 9.26 Å². The molecule has 7 nitrogen and oxygen atoms in total. The van der Waals surface area contributed by atoms with Gasteiger partial charge >= 0.3 is 0 Å². The van der Waals surface area contributed by atoms with Crippen LogP contribution in [0.2, 0.25) is 0 Å². The SMILES string of the molecule is C[C@@H](OC1CCCCCC1)C(=O)NS(=O)(=O)Cc1ccon1. The second-order valence-corrected chi connectivity index (χ2v) is 7.33. The molecule has 0 aliphatic heterocycles. The van der Waals surface area contributed by atoms with Crippen LogP contribution >= 0.6 is 0 Å². The number of hydrogen-bond donors (Lipinski definition) is 1. The summed E-state index contributed by atoms with van der Waals surface area (Å²) in [4.78, 5) is 12.0. The first-order chi connectivity index (χ1) is 10.5. The van der Waals surface area contributed by atoms with Gasteiger partial charge in [0.25, 0.3) is 5.91 Å². The zero-order valence-corrected chi connectivity index (χ0v) is 13.5. The maximum absolute atomic E-state index is 12.0. The number of rotatable bonds is 6. The van der Waals surface area contributed by atoms with Gasteiger partial charge in [-0.05, 0) is 19.8 Å². The van der Waals surface area contributed by atoms with E-state index in [1.54, 1.807) is 6.92 Å². The number of ether oxygens (including phenoxy) is 1. The minimum Gasteiger partial charge on any atom is -0.365 e. The Hall–Kier alpha value is -1.41. The van der Waals surface area contributed by atoms with Crippen molar-refractivity contribution < 1.29 is 22.5 Å². The molecule has 22 heavy (non-hydrogen) atoms. The summed E-state index contributed by atoms with van der Waals surface area (Å²) >= 11 is 0. The van der Waals surface area contributed by atoms with Crippen LogP contribution in [0.25, 0.3) is 0 Å². The van der Waals surface area contributed by atoms with Gasteiger partial charge in [-0.25, -0.2) is 8.42 Å². The van der Waals surface area contributed by atoms with Crippen molar-refractivity contribution >= 4 is 15.9 Å². The first-order valence-electron chi connectivity index (χ1n) is 7.55. The molecule has 1 aliphatic rings. The van der Waals surface area contributed by atoms with Gasteiger partial charge in [0.1, 0.15) is 23.8 Å². The van der Waals surface area contributed by atoms with Gasteiger partial charge in [0.05, 0.1) is 6.10 Å².